The van der Waals surface area contributed by atoms with E-state index in [2.05, 4.69) is 20.6 Å². The number of benzene rings is 2. The molecule has 0 spiro atoms. The Kier molecular flexibility index (Phi) is 6.50. The summed E-state index contributed by atoms with van der Waals surface area (Å²) in [6, 6.07) is 6.23. The van der Waals surface area contributed by atoms with E-state index >= 15 is 0 Å². The van der Waals surface area contributed by atoms with Crippen molar-refractivity contribution in [3.63, 3.8) is 0 Å². The van der Waals surface area contributed by atoms with Gasteiger partial charge < -0.3 is 20.1 Å². The minimum Gasteiger partial charge on any atom is -0.493 e. The first-order valence-electron chi connectivity index (χ1n) is 9.69. The summed E-state index contributed by atoms with van der Waals surface area (Å²) in [6.07, 6.45) is 1.35. The van der Waals surface area contributed by atoms with Crippen molar-refractivity contribution in [1.82, 2.24) is 20.2 Å². The fraction of sp³-hybridized carbons (Fsp3) is 0.286. The van der Waals surface area contributed by atoms with Gasteiger partial charge in [-0.05, 0) is 25.2 Å². The Balaban J connectivity index is 1.61. The fourth-order valence-corrected chi connectivity index (χ4v) is 3.79. The highest BCUT2D eigenvalue weighted by atomic mass is 35.5. The first-order valence-corrected chi connectivity index (χ1v) is 10.4. The molecule has 0 aliphatic carbocycles. The minimum atomic E-state index is -0.683. The van der Waals surface area contributed by atoms with Crippen molar-refractivity contribution < 1.29 is 18.7 Å². The first kappa shape index (κ1) is 22.3. The molecule has 1 aliphatic heterocycles. The third kappa shape index (κ3) is 4.64. The van der Waals surface area contributed by atoms with Gasteiger partial charge in [-0.25, -0.2) is 14.4 Å². The van der Waals surface area contributed by atoms with E-state index in [0.29, 0.717) is 41.3 Å². The molecule has 1 aromatic heterocycles. The summed E-state index contributed by atoms with van der Waals surface area (Å²) in [4.78, 5) is 22.2. The second-order valence-electron chi connectivity index (χ2n) is 7.36. The van der Waals surface area contributed by atoms with Gasteiger partial charge in [0.15, 0.2) is 17.3 Å². The van der Waals surface area contributed by atoms with Gasteiger partial charge in [0.25, 0.3) is 0 Å². The molecule has 0 bridgehead atoms. The Morgan fingerprint density at radius 2 is 2.09 bits per heavy atom. The summed E-state index contributed by atoms with van der Waals surface area (Å²) < 4.78 is 25.9. The van der Waals surface area contributed by atoms with Crippen molar-refractivity contribution in [3.05, 3.63) is 46.5 Å². The maximum Gasteiger partial charge on any atom is 0.234 e. The number of ether oxygens (including phenoxy) is 2. The molecule has 1 atom stereocenters. The third-order valence-electron chi connectivity index (χ3n) is 4.96. The number of likely N-dealkylation sites (N-methyl/N-ethyl adjacent to an activating group) is 1. The Morgan fingerprint density at radius 1 is 1.28 bits per heavy atom. The van der Waals surface area contributed by atoms with Crippen molar-refractivity contribution in [1.29, 1.82) is 0 Å². The number of methoxy groups -OCH3 is 1. The summed E-state index contributed by atoms with van der Waals surface area (Å²) in [5.74, 6) is 0.541. The maximum absolute atomic E-state index is 14.5. The van der Waals surface area contributed by atoms with Crippen LogP contribution in [0.3, 0.4) is 0 Å². The number of carbonyl (C=O) groups is 1. The molecule has 1 saturated heterocycles. The molecule has 1 unspecified atom stereocenters. The number of carbonyl (C=O) groups excluding carboxylic acids is 1. The van der Waals surface area contributed by atoms with Gasteiger partial charge in [0.2, 0.25) is 5.91 Å². The molecule has 1 fully saturated rings. The van der Waals surface area contributed by atoms with Gasteiger partial charge in [-0.15, -0.1) is 0 Å². The van der Waals surface area contributed by atoms with Gasteiger partial charge in [0.05, 0.1) is 40.9 Å². The van der Waals surface area contributed by atoms with Gasteiger partial charge in [-0.2, -0.15) is 0 Å². The molecular weight excluding hydrogens is 460 g/mol. The zero-order valence-corrected chi connectivity index (χ0v) is 18.8. The highest BCUT2D eigenvalue weighted by Crippen LogP contribution is 2.36. The predicted octanol–water partition coefficient (Wildman–Crippen LogP) is 3.64. The molecule has 11 heteroatoms. The number of aromatic nitrogens is 2. The summed E-state index contributed by atoms with van der Waals surface area (Å²) >= 11 is 11.8. The lowest BCUT2D eigenvalue weighted by molar-refractivity contribution is -0.125. The van der Waals surface area contributed by atoms with Crippen molar-refractivity contribution >= 4 is 51.5 Å². The van der Waals surface area contributed by atoms with Crippen LogP contribution in [0, 0.1) is 5.82 Å². The number of anilines is 2. The maximum atomic E-state index is 14.5. The van der Waals surface area contributed by atoms with E-state index in [9.17, 15) is 9.18 Å². The zero-order chi connectivity index (χ0) is 22.8. The zero-order valence-electron chi connectivity index (χ0n) is 17.3. The quantitative estimate of drug-likeness (QED) is 0.521. The van der Waals surface area contributed by atoms with E-state index in [1.807, 2.05) is 11.9 Å². The molecule has 168 valence electrons. The van der Waals surface area contributed by atoms with Crippen LogP contribution < -0.4 is 20.1 Å². The van der Waals surface area contributed by atoms with Gasteiger partial charge in [0, 0.05) is 18.0 Å². The normalized spacial score (nSPS) is 16.7. The second kappa shape index (κ2) is 9.32. The molecule has 2 heterocycles. The highest BCUT2D eigenvalue weighted by Gasteiger charge is 2.23. The van der Waals surface area contributed by atoms with Crippen LogP contribution in [-0.4, -0.2) is 60.7 Å². The highest BCUT2D eigenvalue weighted by molar-refractivity contribution is 6.42. The standard InChI is InChI=1S/C21H20Cl2FN5O3/c1-29-7-11(27-18(30)8-29)9-32-17-6-15-12(5-16(17)31-2)21(26-10-25-15)28-14-4-3-13(22)19(23)20(14)24/h3-6,10-11H,7-9H2,1-2H3,(H,27,30)(H,25,26,28). The van der Waals surface area contributed by atoms with Gasteiger partial charge in [-0.3, -0.25) is 9.69 Å². The molecule has 3 aromatic rings. The smallest absolute Gasteiger partial charge is 0.234 e. The molecule has 1 amide bonds. The second-order valence-corrected chi connectivity index (χ2v) is 8.15. The summed E-state index contributed by atoms with van der Waals surface area (Å²) in [7, 11) is 3.39. The van der Waals surface area contributed by atoms with Crippen LogP contribution in [0.15, 0.2) is 30.6 Å². The van der Waals surface area contributed by atoms with Crippen molar-refractivity contribution in [2.45, 2.75) is 6.04 Å². The number of rotatable bonds is 6. The first-order chi connectivity index (χ1) is 15.4. The number of hydrogen-bond acceptors (Lipinski definition) is 7. The number of fused-ring (bicyclic) bond motifs is 1. The number of nitrogens with zero attached hydrogens (tertiary/aromatic N) is 3. The lowest BCUT2D eigenvalue weighted by atomic mass is 10.2. The molecule has 2 N–H and O–H groups in total. The van der Waals surface area contributed by atoms with Gasteiger partial charge in [-0.1, -0.05) is 23.2 Å². The number of hydrogen-bond donors (Lipinski definition) is 2. The molecule has 32 heavy (non-hydrogen) atoms. The molecule has 1 aliphatic rings. The van der Waals surface area contributed by atoms with Gasteiger partial charge >= 0.3 is 0 Å². The molecule has 4 rings (SSSR count). The molecule has 0 radical (unpaired) electrons. The SMILES string of the molecule is COc1cc2c(Nc3ccc(Cl)c(Cl)c3F)ncnc2cc1OCC1CN(C)CC(=O)N1. The van der Waals surface area contributed by atoms with E-state index < -0.39 is 5.82 Å². The minimum absolute atomic E-state index is 0.0455. The number of amides is 1. The van der Waals surface area contributed by atoms with Crippen molar-refractivity contribution in [2.75, 3.05) is 39.2 Å². The van der Waals surface area contributed by atoms with E-state index in [-0.39, 0.29) is 34.3 Å². The van der Waals surface area contributed by atoms with E-state index in [0.717, 1.165) is 0 Å². The van der Waals surface area contributed by atoms with Crippen molar-refractivity contribution in [2.24, 2.45) is 0 Å². The van der Waals surface area contributed by atoms with Crippen LogP contribution in [0.25, 0.3) is 10.9 Å². The Bertz CT molecular complexity index is 1180. The Hall–Kier alpha value is -2.88. The van der Waals surface area contributed by atoms with Crippen LogP contribution in [0.1, 0.15) is 0 Å². The Morgan fingerprint density at radius 3 is 2.84 bits per heavy atom. The largest absolute Gasteiger partial charge is 0.493 e. The van der Waals surface area contributed by atoms with E-state index in [1.165, 1.54) is 25.6 Å². The molecular formula is C21H20Cl2FN5O3. The molecule has 0 saturated carbocycles. The van der Waals surface area contributed by atoms with Crippen LogP contribution in [0.5, 0.6) is 11.5 Å². The summed E-state index contributed by atoms with van der Waals surface area (Å²) in [6.45, 7) is 1.30. The lowest BCUT2D eigenvalue weighted by Crippen LogP contribution is -2.54. The fourth-order valence-electron chi connectivity index (χ4n) is 3.48. The van der Waals surface area contributed by atoms with Gasteiger partial charge in [0.1, 0.15) is 18.8 Å². The van der Waals surface area contributed by atoms with E-state index in [4.69, 9.17) is 32.7 Å². The number of nitrogens with one attached hydrogen (secondary N) is 2. The molecule has 8 nitrogen and oxygen atoms in total. The predicted molar refractivity (Wildman–Crippen MR) is 121 cm³/mol. The monoisotopic (exact) mass is 479 g/mol. The van der Waals surface area contributed by atoms with Crippen LogP contribution in [0.2, 0.25) is 10.0 Å². The summed E-state index contributed by atoms with van der Waals surface area (Å²) in [5.41, 5.74) is 0.680. The summed E-state index contributed by atoms with van der Waals surface area (Å²) in [5, 5.41) is 6.36. The van der Waals surface area contributed by atoms with Crippen molar-refractivity contribution in [3.8, 4) is 11.5 Å². The lowest BCUT2D eigenvalue weighted by Gasteiger charge is -2.30. The Labute approximate surface area is 193 Å². The van der Waals surface area contributed by atoms with Crippen LogP contribution in [0.4, 0.5) is 15.9 Å². The topological polar surface area (TPSA) is 88.6 Å². The number of piperazine rings is 1. The average molecular weight is 480 g/mol. The van der Waals surface area contributed by atoms with Crippen LogP contribution in [-0.2, 0) is 4.79 Å². The van der Waals surface area contributed by atoms with E-state index in [1.54, 1.807) is 12.1 Å². The average Bonchev–Trinajstić information content (AvgIpc) is 2.77. The number of halogens is 3. The third-order valence-corrected chi connectivity index (χ3v) is 5.74. The molecule has 2 aromatic carbocycles. The van der Waals surface area contributed by atoms with Crippen LogP contribution >= 0.6 is 23.2 Å².